The molecule has 3 heterocycles. The molecule has 0 bridgehead atoms. The van der Waals surface area contributed by atoms with Crippen molar-refractivity contribution in [3.05, 3.63) is 115 Å². The first-order valence-corrected chi connectivity index (χ1v) is 16.4. The van der Waals surface area contributed by atoms with Gasteiger partial charge in [0.15, 0.2) is 0 Å². The third-order valence-corrected chi connectivity index (χ3v) is 9.31. The van der Waals surface area contributed by atoms with Gasteiger partial charge in [-0.25, -0.2) is 0 Å². The second-order valence-electron chi connectivity index (χ2n) is 9.84. The number of hydrogen-bond donors (Lipinski definition) is 0. The number of aromatic nitrogens is 2. The van der Waals surface area contributed by atoms with E-state index in [1.165, 1.54) is 25.7 Å². The Hall–Kier alpha value is -2.95. The average molecular weight is 693 g/mol. The van der Waals surface area contributed by atoms with Crippen LogP contribution >= 0.6 is 11.3 Å². The Morgan fingerprint density at radius 2 is 1.57 bits per heavy atom. The molecule has 0 unspecified atom stereocenters. The van der Waals surface area contributed by atoms with Gasteiger partial charge >= 0.3 is 0 Å². The van der Waals surface area contributed by atoms with Crippen LogP contribution in [0, 0.1) is 19.1 Å². The van der Waals surface area contributed by atoms with Gasteiger partial charge in [-0.15, -0.1) is 59.7 Å². The van der Waals surface area contributed by atoms with E-state index in [0.717, 1.165) is 22.5 Å². The molecule has 5 heteroatoms. The van der Waals surface area contributed by atoms with E-state index in [1.54, 1.807) is 5.19 Å². The summed E-state index contributed by atoms with van der Waals surface area (Å²) in [5.74, 6) is 0. The normalized spacial score (nSPS) is 11.0. The Labute approximate surface area is 237 Å². The predicted octanol–water partition coefficient (Wildman–Crippen LogP) is 8.32. The van der Waals surface area contributed by atoms with Crippen LogP contribution in [-0.2, 0) is 20.1 Å². The van der Waals surface area contributed by atoms with Crippen LogP contribution in [0.4, 0.5) is 0 Å². The molecule has 0 aliphatic heterocycles. The maximum Gasteiger partial charge on any atom is 0.0783 e. The number of rotatable bonds is 3. The van der Waals surface area contributed by atoms with Crippen molar-refractivity contribution in [2.24, 2.45) is 0 Å². The number of aryl methyl sites for hydroxylation is 1. The molecule has 6 aromatic rings. The fraction of sp³-hybridized carbons (Fsp3) is 0.125. The van der Waals surface area contributed by atoms with Crippen LogP contribution in [0.5, 0.6) is 0 Å². The van der Waals surface area contributed by atoms with Crippen molar-refractivity contribution in [1.29, 1.82) is 0 Å². The van der Waals surface area contributed by atoms with E-state index in [1.807, 2.05) is 72.3 Å². The van der Waals surface area contributed by atoms with E-state index >= 15 is 0 Å². The first kappa shape index (κ1) is 27.1. The molecular weight excluding hydrogens is 665 g/mol. The Bertz CT molecular complexity index is 1620. The van der Waals surface area contributed by atoms with Gasteiger partial charge in [-0.2, -0.15) is 11.3 Å². The summed E-state index contributed by atoms with van der Waals surface area (Å²) in [7, 11) is -1.39. The van der Waals surface area contributed by atoms with Crippen molar-refractivity contribution in [1.82, 2.24) is 9.97 Å². The van der Waals surface area contributed by atoms with Crippen molar-refractivity contribution in [2.45, 2.75) is 26.6 Å². The molecule has 0 aliphatic rings. The summed E-state index contributed by atoms with van der Waals surface area (Å²) in [4.78, 5) is 8.80. The minimum absolute atomic E-state index is 0. The predicted molar refractivity (Wildman–Crippen MR) is 158 cm³/mol. The Morgan fingerprint density at radius 1 is 0.757 bits per heavy atom. The molecule has 0 saturated heterocycles. The second-order valence-corrected chi connectivity index (χ2v) is 15.9. The van der Waals surface area contributed by atoms with Crippen LogP contribution in [0.15, 0.2) is 97.3 Å². The number of nitrogens with zero attached hydrogens (tertiary/aromatic N) is 2. The van der Waals surface area contributed by atoms with E-state index in [-0.39, 0.29) is 20.1 Å². The molecule has 187 valence electrons. The SMILES string of the molecule is C[Si](C)(C)c1cccc2sc3c(-c4ccccn4)[c-]ccc3c12.Cc1ccnc(-c2[c-]cccc2)c1.[Ir]. The molecule has 2 nitrogen and oxygen atoms in total. The molecule has 0 spiro atoms. The first-order chi connectivity index (χ1) is 17.4. The number of hydrogen-bond acceptors (Lipinski definition) is 3. The minimum atomic E-state index is -1.39. The van der Waals surface area contributed by atoms with Gasteiger partial charge < -0.3 is 9.97 Å². The van der Waals surface area contributed by atoms with Crippen LogP contribution < -0.4 is 5.19 Å². The average Bonchev–Trinajstić information content (AvgIpc) is 3.28. The maximum absolute atomic E-state index is 4.52. The Morgan fingerprint density at radius 3 is 2.27 bits per heavy atom. The van der Waals surface area contributed by atoms with E-state index in [2.05, 4.69) is 85.1 Å². The van der Waals surface area contributed by atoms with Crippen LogP contribution in [0.1, 0.15) is 5.56 Å². The zero-order chi connectivity index (χ0) is 25.1. The number of thiophene rings is 1. The van der Waals surface area contributed by atoms with E-state index < -0.39 is 8.07 Å². The Balaban J connectivity index is 0.000000195. The van der Waals surface area contributed by atoms with Gasteiger partial charge in [0.05, 0.1) is 8.07 Å². The summed E-state index contributed by atoms with van der Waals surface area (Å²) < 4.78 is 2.67. The summed E-state index contributed by atoms with van der Waals surface area (Å²) in [6.45, 7) is 9.31. The van der Waals surface area contributed by atoms with Crippen molar-refractivity contribution in [3.63, 3.8) is 0 Å². The van der Waals surface area contributed by atoms with E-state index in [4.69, 9.17) is 0 Å². The van der Waals surface area contributed by atoms with Crippen LogP contribution in [0.3, 0.4) is 0 Å². The summed E-state index contributed by atoms with van der Waals surface area (Å²) in [6.07, 6.45) is 3.67. The van der Waals surface area contributed by atoms with Crippen molar-refractivity contribution < 1.29 is 20.1 Å². The second kappa shape index (κ2) is 11.6. The van der Waals surface area contributed by atoms with Crippen LogP contribution in [0.25, 0.3) is 42.7 Å². The van der Waals surface area contributed by atoms with Gasteiger partial charge in [-0.3, -0.25) is 0 Å². The first-order valence-electron chi connectivity index (χ1n) is 12.1. The third kappa shape index (κ3) is 5.97. The van der Waals surface area contributed by atoms with Gasteiger partial charge in [0, 0.05) is 37.2 Å². The van der Waals surface area contributed by atoms with E-state index in [9.17, 15) is 0 Å². The van der Waals surface area contributed by atoms with Crippen LogP contribution in [0.2, 0.25) is 19.6 Å². The summed E-state index contributed by atoms with van der Waals surface area (Å²) in [5, 5.41) is 4.33. The zero-order valence-electron chi connectivity index (χ0n) is 21.4. The number of pyridine rings is 2. The third-order valence-electron chi connectivity index (χ3n) is 6.09. The van der Waals surface area contributed by atoms with Gasteiger partial charge in [0.25, 0.3) is 0 Å². The monoisotopic (exact) mass is 693 g/mol. The zero-order valence-corrected chi connectivity index (χ0v) is 25.6. The number of benzene rings is 3. The molecule has 0 amide bonds. The molecule has 6 rings (SSSR count). The van der Waals surface area contributed by atoms with Gasteiger partial charge in [0.2, 0.25) is 0 Å². The topological polar surface area (TPSA) is 25.8 Å². The largest absolute Gasteiger partial charge is 0.305 e. The Kier molecular flexibility index (Phi) is 8.51. The molecule has 0 N–H and O–H groups in total. The van der Waals surface area contributed by atoms with Crippen molar-refractivity contribution >= 4 is 44.8 Å². The molecule has 3 aromatic heterocycles. The molecule has 1 radical (unpaired) electrons. The van der Waals surface area contributed by atoms with Gasteiger partial charge in [-0.05, 0) is 46.6 Å². The standard InChI is InChI=1S/C20H18NSSi.C12H10N.Ir/c1-23(2,3)18-12-7-11-17-19(18)15-9-6-8-14(20(15)22-17)16-10-4-5-13-21-16;1-10-7-8-13-12(9-10)11-5-3-2-4-6-11;/h4-7,9-13H,1-3H3;2-5,7-9H,1H3;/q2*-1;. The fourth-order valence-electron chi connectivity index (χ4n) is 4.35. The van der Waals surface area contributed by atoms with Gasteiger partial charge in [-0.1, -0.05) is 66.1 Å². The fourth-order valence-corrected chi connectivity index (χ4v) is 7.29. The summed E-state index contributed by atoms with van der Waals surface area (Å²) in [5.41, 5.74) is 5.37. The molecule has 0 saturated carbocycles. The molecule has 0 fully saturated rings. The van der Waals surface area contributed by atoms with Crippen molar-refractivity contribution in [3.8, 4) is 22.5 Å². The molecule has 0 atom stereocenters. The summed E-state index contributed by atoms with van der Waals surface area (Å²) in [6, 6.07) is 35.6. The quantitative estimate of drug-likeness (QED) is 0.138. The molecular formula is C32H28IrN2SSi-2. The van der Waals surface area contributed by atoms with Gasteiger partial charge in [0.1, 0.15) is 0 Å². The summed E-state index contributed by atoms with van der Waals surface area (Å²) >= 11 is 1.86. The smallest absolute Gasteiger partial charge is 0.0783 e. The molecule has 37 heavy (non-hydrogen) atoms. The minimum Gasteiger partial charge on any atom is -0.305 e. The van der Waals surface area contributed by atoms with Crippen molar-refractivity contribution in [2.75, 3.05) is 0 Å². The molecule has 3 aromatic carbocycles. The van der Waals surface area contributed by atoms with Crippen LogP contribution in [-0.4, -0.2) is 18.0 Å². The maximum atomic E-state index is 4.52. The molecule has 0 aliphatic carbocycles. The van der Waals surface area contributed by atoms with E-state index in [0.29, 0.717) is 0 Å². The number of fused-ring (bicyclic) bond motifs is 3.